The number of rotatable bonds is 8. The first-order chi connectivity index (χ1) is 16.4. The normalized spacial score (nSPS) is 10.9. The van der Waals surface area contributed by atoms with Crippen molar-refractivity contribution in [2.75, 3.05) is 14.2 Å². The van der Waals surface area contributed by atoms with Crippen molar-refractivity contribution in [2.45, 2.75) is 13.8 Å². The van der Waals surface area contributed by atoms with Crippen molar-refractivity contribution < 1.29 is 19.1 Å². The molecule has 0 aliphatic heterocycles. The van der Waals surface area contributed by atoms with E-state index < -0.39 is 11.8 Å². The van der Waals surface area contributed by atoms with Gasteiger partial charge in [-0.15, -0.1) is 0 Å². The van der Waals surface area contributed by atoms with Crippen LogP contribution in [-0.2, 0) is 0 Å². The van der Waals surface area contributed by atoms with Gasteiger partial charge in [0.25, 0.3) is 11.8 Å². The van der Waals surface area contributed by atoms with Crippen molar-refractivity contribution in [3.05, 3.63) is 88.2 Å². The molecular formula is C25H25N5O4. The van der Waals surface area contributed by atoms with Crippen molar-refractivity contribution in [1.29, 1.82) is 0 Å². The summed E-state index contributed by atoms with van der Waals surface area (Å²) < 4.78 is 10.5. The Kier molecular flexibility index (Phi) is 8.07. The number of hydrogen-bond acceptors (Lipinski definition) is 7. The quantitative estimate of drug-likeness (QED) is 0.396. The molecule has 2 N–H and O–H groups in total. The van der Waals surface area contributed by atoms with Gasteiger partial charge in [-0.3, -0.25) is 14.6 Å². The van der Waals surface area contributed by atoms with E-state index in [-0.39, 0.29) is 11.1 Å². The van der Waals surface area contributed by atoms with Crippen LogP contribution in [0, 0.1) is 13.8 Å². The molecule has 0 fully saturated rings. The molecule has 0 atom stereocenters. The second kappa shape index (κ2) is 11.4. The van der Waals surface area contributed by atoms with Crippen LogP contribution in [0.25, 0.3) is 0 Å². The lowest BCUT2D eigenvalue weighted by atomic mass is 10.1. The van der Waals surface area contributed by atoms with Crippen LogP contribution in [0.3, 0.4) is 0 Å². The number of nitrogens with zero attached hydrogens (tertiary/aromatic N) is 3. The second-order valence-corrected chi connectivity index (χ2v) is 7.14. The number of hydrogen-bond donors (Lipinski definition) is 2. The minimum absolute atomic E-state index is 0.224. The van der Waals surface area contributed by atoms with Gasteiger partial charge in [0.1, 0.15) is 11.5 Å². The first kappa shape index (κ1) is 24.1. The zero-order valence-corrected chi connectivity index (χ0v) is 19.3. The highest BCUT2D eigenvalue weighted by molar-refractivity contribution is 6.01. The van der Waals surface area contributed by atoms with Crippen molar-refractivity contribution in [3.8, 4) is 11.5 Å². The van der Waals surface area contributed by atoms with E-state index in [2.05, 4.69) is 26.0 Å². The molecular weight excluding hydrogens is 434 g/mol. The molecule has 0 saturated heterocycles. The third kappa shape index (κ3) is 5.83. The number of pyridine rings is 1. The number of hydrazone groups is 2. The molecule has 0 aliphatic carbocycles. The number of ether oxygens (including phenoxy) is 2. The number of aryl methyl sites for hydroxylation is 2. The Bertz CT molecular complexity index is 1160. The molecule has 1 heterocycles. The molecule has 3 aromatic rings. The van der Waals surface area contributed by atoms with Crippen molar-refractivity contribution >= 4 is 24.2 Å². The maximum absolute atomic E-state index is 12.7. The third-order valence-electron chi connectivity index (χ3n) is 4.91. The van der Waals surface area contributed by atoms with E-state index in [4.69, 9.17) is 9.47 Å². The molecule has 9 nitrogen and oxygen atoms in total. The van der Waals surface area contributed by atoms with Crippen LogP contribution in [0.4, 0.5) is 0 Å². The Hall–Kier alpha value is -4.53. The van der Waals surface area contributed by atoms with E-state index in [1.54, 1.807) is 52.3 Å². The van der Waals surface area contributed by atoms with Crippen molar-refractivity contribution in [2.24, 2.45) is 10.2 Å². The molecule has 34 heavy (non-hydrogen) atoms. The van der Waals surface area contributed by atoms with Crippen LogP contribution in [0.2, 0.25) is 0 Å². The fraction of sp³-hybridized carbons (Fsp3) is 0.160. The number of benzene rings is 2. The van der Waals surface area contributed by atoms with Crippen LogP contribution in [0.15, 0.2) is 64.8 Å². The number of carbonyl (C=O) groups excluding carboxylic acids is 2. The summed E-state index contributed by atoms with van der Waals surface area (Å²) in [6, 6.07) is 16.0. The van der Waals surface area contributed by atoms with E-state index in [9.17, 15) is 9.59 Å². The Morgan fingerprint density at radius 2 is 1.18 bits per heavy atom. The SMILES string of the molecule is COc1ccccc1/C=N/NC(=O)c1cc(C(=O)N/N=C/c2ccccc2OC)c(C)nc1C. The number of methoxy groups -OCH3 is 2. The largest absolute Gasteiger partial charge is 0.496 e. The van der Waals surface area contributed by atoms with Gasteiger partial charge in [0.05, 0.1) is 49.2 Å². The molecule has 0 radical (unpaired) electrons. The molecule has 0 unspecified atom stereocenters. The van der Waals surface area contributed by atoms with Crippen LogP contribution in [0.1, 0.15) is 43.2 Å². The predicted molar refractivity (Wildman–Crippen MR) is 130 cm³/mol. The van der Waals surface area contributed by atoms with Gasteiger partial charge in [-0.2, -0.15) is 10.2 Å². The second-order valence-electron chi connectivity index (χ2n) is 7.14. The topological polar surface area (TPSA) is 114 Å². The maximum atomic E-state index is 12.7. The molecule has 0 aliphatic rings. The summed E-state index contributed by atoms with van der Waals surface area (Å²) in [4.78, 5) is 29.7. The highest BCUT2D eigenvalue weighted by Gasteiger charge is 2.17. The van der Waals surface area contributed by atoms with Gasteiger partial charge in [0.2, 0.25) is 0 Å². The summed E-state index contributed by atoms with van der Waals surface area (Å²) in [5.74, 6) is 0.257. The fourth-order valence-electron chi connectivity index (χ4n) is 3.17. The molecule has 1 aromatic heterocycles. The molecule has 0 spiro atoms. The number of amides is 2. The first-order valence-corrected chi connectivity index (χ1v) is 10.4. The minimum Gasteiger partial charge on any atom is -0.496 e. The zero-order chi connectivity index (χ0) is 24.5. The van der Waals surface area contributed by atoms with Gasteiger partial charge in [-0.1, -0.05) is 24.3 Å². The van der Waals surface area contributed by atoms with Crippen LogP contribution >= 0.6 is 0 Å². The first-order valence-electron chi connectivity index (χ1n) is 10.4. The summed E-state index contributed by atoms with van der Waals surface area (Å²) in [6.45, 7) is 3.38. The van der Waals surface area contributed by atoms with E-state index in [0.717, 1.165) is 0 Å². The van der Waals surface area contributed by atoms with E-state index in [1.165, 1.54) is 18.5 Å². The van der Waals surface area contributed by atoms with E-state index in [1.807, 2.05) is 24.3 Å². The van der Waals surface area contributed by atoms with Gasteiger partial charge in [0.15, 0.2) is 0 Å². The van der Waals surface area contributed by atoms with Gasteiger partial charge in [0, 0.05) is 11.1 Å². The number of para-hydroxylation sites is 2. The maximum Gasteiger partial charge on any atom is 0.273 e. The molecule has 0 bridgehead atoms. The molecule has 2 amide bonds. The molecule has 2 aromatic carbocycles. The number of carbonyl (C=O) groups is 2. The number of nitrogens with one attached hydrogen (secondary N) is 2. The van der Waals surface area contributed by atoms with E-state index >= 15 is 0 Å². The highest BCUT2D eigenvalue weighted by atomic mass is 16.5. The fourth-order valence-corrected chi connectivity index (χ4v) is 3.17. The van der Waals surface area contributed by atoms with Crippen LogP contribution in [0.5, 0.6) is 11.5 Å². The summed E-state index contributed by atoms with van der Waals surface area (Å²) in [7, 11) is 3.11. The lowest BCUT2D eigenvalue weighted by Crippen LogP contribution is -2.23. The minimum atomic E-state index is -0.497. The van der Waals surface area contributed by atoms with E-state index in [0.29, 0.717) is 34.0 Å². The molecule has 9 heteroatoms. The Labute approximate surface area is 197 Å². The average Bonchev–Trinajstić information content (AvgIpc) is 2.84. The lowest BCUT2D eigenvalue weighted by molar-refractivity contribution is 0.0954. The summed E-state index contributed by atoms with van der Waals surface area (Å²) in [6.07, 6.45) is 2.96. The van der Waals surface area contributed by atoms with Crippen molar-refractivity contribution in [3.63, 3.8) is 0 Å². The van der Waals surface area contributed by atoms with Crippen LogP contribution in [-0.4, -0.2) is 43.4 Å². The van der Waals surface area contributed by atoms with Gasteiger partial charge >= 0.3 is 0 Å². The predicted octanol–water partition coefficient (Wildman–Crippen LogP) is 3.24. The highest BCUT2D eigenvalue weighted by Crippen LogP contribution is 2.16. The average molecular weight is 460 g/mol. The molecule has 0 saturated carbocycles. The summed E-state index contributed by atoms with van der Waals surface area (Å²) >= 11 is 0. The van der Waals surface area contributed by atoms with Gasteiger partial charge in [-0.25, -0.2) is 10.9 Å². The summed E-state index contributed by atoms with van der Waals surface area (Å²) in [5, 5.41) is 7.99. The Morgan fingerprint density at radius 1 is 0.765 bits per heavy atom. The van der Waals surface area contributed by atoms with Crippen LogP contribution < -0.4 is 20.3 Å². The Balaban J connectivity index is 1.73. The smallest absolute Gasteiger partial charge is 0.273 e. The standard InChI is InChI=1S/C25H25N5O4/c1-16-20(24(31)29-26-14-18-9-5-7-11-22(18)33-3)13-21(17(2)28-16)25(32)30-27-15-19-10-6-8-12-23(19)34-4/h5-15H,1-4H3,(H,29,31)(H,30,32)/b26-14+,27-15+. The summed E-state index contributed by atoms with van der Waals surface area (Å²) in [5.41, 5.74) is 7.72. The monoisotopic (exact) mass is 459 g/mol. The number of aromatic nitrogens is 1. The molecule has 174 valence electrons. The Morgan fingerprint density at radius 3 is 1.59 bits per heavy atom. The van der Waals surface area contributed by atoms with Gasteiger partial charge < -0.3 is 9.47 Å². The van der Waals surface area contributed by atoms with Crippen molar-refractivity contribution in [1.82, 2.24) is 15.8 Å². The zero-order valence-electron chi connectivity index (χ0n) is 19.3. The molecule has 3 rings (SSSR count). The van der Waals surface area contributed by atoms with Gasteiger partial charge in [-0.05, 0) is 44.2 Å². The lowest BCUT2D eigenvalue weighted by Gasteiger charge is -2.10. The third-order valence-corrected chi connectivity index (χ3v) is 4.91.